The number of hydrogen-bond donors (Lipinski definition) is 1. The second-order valence-corrected chi connectivity index (χ2v) is 4.49. The summed E-state index contributed by atoms with van der Waals surface area (Å²) in [6.07, 6.45) is 6.09. The first-order valence-electron chi connectivity index (χ1n) is 6.09. The van der Waals surface area contributed by atoms with Crippen LogP contribution in [0.1, 0.15) is 23.6 Å². The molecule has 3 rings (SSSR count). The van der Waals surface area contributed by atoms with E-state index in [2.05, 4.69) is 40.6 Å². The van der Waals surface area contributed by atoms with Gasteiger partial charge in [0.25, 0.3) is 0 Å². The molecule has 0 aliphatic heterocycles. The maximum absolute atomic E-state index is 4.08. The third-order valence-corrected chi connectivity index (χ3v) is 3.61. The van der Waals surface area contributed by atoms with Crippen LogP contribution in [0.25, 0.3) is 11.1 Å². The summed E-state index contributed by atoms with van der Waals surface area (Å²) < 4.78 is 0. The lowest BCUT2D eigenvalue weighted by Gasteiger charge is -2.12. The SMILES string of the molecule is CNC1CCc2c(-c3ccncc3)cccc21. The number of nitrogens with zero attached hydrogens (tertiary/aromatic N) is 1. The predicted molar refractivity (Wildman–Crippen MR) is 69.8 cm³/mol. The number of aromatic nitrogens is 1. The lowest BCUT2D eigenvalue weighted by molar-refractivity contribution is 0.590. The van der Waals surface area contributed by atoms with Gasteiger partial charge in [0.2, 0.25) is 0 Å². The number of hydrogen-bond acceptors (Lipinski definition) is 2. The van der Waals surface area contributed by atoms with Gasteiger partial charge in [0.1, 0.15) is 0 Å². The fourth-order valence-corrected chi connectivity index (χ4v) is 2.76. The Balaban J connectivity index is 2.12. The van der Waals surface area contributed by atoms with Crippen molar-refractivity contribution in [3.63, 3.8) is 0 Å². The van der Waals surface area contributed by atoms with Crippen LogP contribution < -0.4 is 5.32 Å². The molecule has 1 N–H and O–H groups in total. The third-order valence-electron chi connectivity index (χ3n) is 3.61. The molecule has 0 saturated heterocycles. The Morgan fingerprint density at radius 3 is 2.76 bits per heavy atom. The summed E-state index contributed by atoms with van der Waals surface area (Å²) >= 11 is 0. The van der Waals surface area contributed by atoms with Crippen molar-refractivity contribution in [3.8, 4) is 11.1 Å². The maximum atomic E-state index is 4.08. The summed E-state index contributed by atoms with van der Waals surface area (Å²) in [5.41, 5.74) is 5.59. The van der Waals surface area contributed by atoms with E-state index in [1.165, 1.54) is 35.1 Å². The zero-order chi connectivity index (χ0) is 11.7. The van der Waals surface area contributed by atoms with Gasteiger partial charge < -0.3 is 5.32 Å². The number of pyridine rings is 1. The van der Waals surface area contributed by atoms with Crippen molar-refractivity contribution >= 4 is 0 Å². The van der Waals surface area contributed by atoms with E-state index in [1.807, 2.05) is 19.4 Å². The summed E-state index contributed by atoms with van der Waals surface area (Å²) in [4.78, 5) is 4.08. The predicted octanol–water partition coefficient (Wildman–Crippen LogP) is 2.96. The molecule has 2 heteroatoms. The van der Waals surface area contributed by atoms with Crippen molar-refractivity contribution in [2.45, 2.75) is 18.9 Å². The average Bonchev–Trinajstić information content (AvgIpc) is 2.82. The number of fused-ring (bicyclic) bond motifs is 1. The Morgan fingerprint density at radius 2 is 2.00 bits per heavy atom. The molecule has 1 unspecified atom stereocenters. The molecule has 1 heterocycles. The summed E-state index contributed by atoms with van der Waals surface area (Å²) in [5.74, 6) is 0. The molecule has 2 aromatic rings. The molecule has 86 valence electrons. The minimum atomic E-state index is 0.520. The highest BCUT2D eigenvalue weighted by Gasteiger charge is 2.23. The average molecular weight is 224 g/mol. The second-order valence-electron chi connectivity index (χ2n) is 4.49. The summed E-state index contributed by atoms with van der Waals surface area (Å²) in [6.45, 7) is 0. The van der Waals surface area contributed by atoms with Gasteiger partial charge in [0, 0.05) is 18.4 Å². The fraction of sp³-hybridized carbons (Fsp3) is 0.267. The van der Waals surface area contributed by atoms with E-state index >= 15 is 0 Å². The van der Waals surface area contributed by atoms with Gasteiger partial charge in [-0.2, -0.15) is 0 Å². The van der Waals surface area contributed by atoms with Crippen LogP contribution in [0.2, 0.25) is 0 Å². The van der Waals surface area contributed by atoms with Gasteiger partial charge >= 0.3 is 0 Å². The molecule has 0 amide bonds. The second kappa shape index (κ2) is 4.30. The van der Waals surface area contributed by atoms with E-state index in [4.69, 9.17) is 0 Å². The summed E-state index contributed by atoms with van der Waals surface area (Å²) in [5, 5.41) is 3.39. The number of rotatable bonds is 2. The molecule has 1 atom stereocenters. The Bertz CT molecular complexity index is 520. The van der Waals surface area contributed by atoms with Crippen LogP contribution in [0.3, 0.4) is 0 Å². The molecule has 0 bridgehead atoms. The Labute approximate surface area is 102 Å². The van der Waals surface area contributed by atoms with E-state index in [1.54, 1.807) is 0 Å². The van der Waals surface area contributed by atoms with Gasteiger partial charge in [-0.15, -0.1) is 0 Å². The van der Waals surface area contributed by atoms with E-state index in [-0.39, 0.29) is 0 Å². The quantitative estimate of drug-likeness (QED) is 0.848. The number of benzene rings is 1. The van der Waals surface area contributed by atoms with Gasteiger partial charge in [-0.05, 0) is 54.3 Å². The molecule has 1 aliphatic carbocycles. The molecular weight excluding hydrogens is 208 g/mol. The van der Waals surface area contributed by atoms with Crippen LogP contribution in [-0.4, -0.2) is 12.0 Å². The van der Waals surface area contributed by atoms with Crippen LogP contribution >= 0.6 is 0 Å². The van der Waals surface area contributed by atoms with Crippen molar-refractivity contribution in [2.75, 3.05) is 7.05 Å². The molecule has 0 spiro atoms. The minimum absolute atomic E-state index is 0.520. The zero-order valence-electron chi connectivity index (χ0n) is 9.98. The molecular formula is C15H16N2. The highest BCUT2D eigenvalue weighted by Crippen LogP contribution is 2.37. The third kappa shape index (κ3) is 1.75. The first-order valence-corrected chi connectivity index (χ1v) is 6.09. The van der Waals surface area contributed by atoms with Crippen LogP contribution in [0.15, 0.2) is 42.7 Å². The zero-order valence-corrected chi connectivity index (χ0v) is 9.98. The topological polar surface area (TPSA) is 24.9 Å². The first-order chi connectivity index (χ1) is 8.40. The van der Waals surface area contributed by atoms with Gasteiger partial charge in [-0.25, -0.2) is 0 Å². The molecule has 1 aliphatic rings. The standard InChI is InChI=1S/C15H16N2/c1-16-15-6-5-13-12(3-2-4-14(13)15)11-7-9-17-10-8-11/h2-4,7-10,15-16H,5-6H2,1H3. The Hall–Kier alpha value is -1.67. The van der Waals surface area contributed by atoms with E-state index in [0.29, 0.717) is 6.04 Å². The van der Waals surface area contributed by atoms with Gasteiger partial charge in [0.15, 0.2) is 0 Å². The van der Waals surface area contributed by atoms with Crippen molar-refractivity contribution < 1.29 is 0 Å². The molecule has 1 aromatic carbocycles. The van der Waals surface area contributed by atoms with Crippen molar-refractivity contribution in [1.29, 1.82) is 0 Å². The lowest BCUT2D eigenvalue weighted by Crippen LogP contribution is -2.12. The highest BCUT2D eigenvalue weighted by molar-refractivity contribution is 5.69. The van der Waals surface area contributed by atoms with Gasteiger partial charge in [-0.3, -0.25) is 4.98 Å². The smallest absolute Gasteiger partial charge is 0.0323 e. The largest absolute Gasteiger partial charge is 0.313 e. The minimum Gasteiger partial charge on any atom is -0.313 e. The Morgan fingerprint density at radius 1 is 1.18 bits per heavy atom. The van der Waals surface area contributed by atoms with E-state index < -0.39 is 0 Å². The molecule has 1 aromatic heterocycles. The van der Waals surface area contributed by atoms with Crippen LogP contribution in [0.5, 0.6) is 0 Å². The van der Waals surface area contributed by atoms with Crippen molar-refractivity contribution in [2.24, 2.45) is 0 Å². The molecule has 17 heavy (non-hydrogen) atoms. The monoisotopic (exact) mass is 224 g/mol. The molecule has 0 saturated carbocycles. The summed E-state index contributed by atoms with van der Waals surface area (Å²) in [7, 11) is 2.04. The summed E-state index contributed by atoms with van der Waals surface area (Å²) in [6, 6.07) is 11.3. The maximum Gasteiger partial charge on any atom is 0.0323 e. The van der Waals surface area contributed by atoms with E-state index in [0.717, 1.165) is 0 Å². The molecule has 0 fully saturated rings. The van der Waals surface area contributed by atoms with Crippen LogP contribution in [0, 0.1) is 0 Å². The molecule has 0 radical (unpaired) electrons. The van der Waals surface area contributed by atoms with Gasteiger partial charge in [0.05, 0.1) is 0 Å². The van der Waals surface area contributed by atoms with E-state index in [9.17, 15) is 0 Å². The fourth-order valence-electron chi connectivity index (χ4n) is 2.76. The van der Waals surface area contributed by atoms with Gasteiger partial charge in [-0.1, -0.05) is 18.2 Å². The van der Waals surface area contributed by atoms with Crippen molar-refractivity contribution in [1.82, 2.24) is 10.3 Å². The highest BCUT2D eigenvalue weighted by atomic mass is 14.9. The molecule has 2 nitrogen and oxygen atoms in total. The number of nitrogens with one attached hydrogen (secondary N) is 1. The Kier molecular flexibility index (Phi) is 2.65. The lowest BCUT2D eigenvalue weighted by atomic mass is 9.97. The van der Waals surface area contributed by atoms with Crippen LogP contribution in [0.4, 0.5) is 0 Å². The van der Waals surface area contributed by atoms with Crippen LogP contribution in [-0.2, 0) is 6.42 Å². The normalized spacial score (nSPS) is 18.1. The first kappa shape index (κ1) is 10.5. The van der Waals surface area contributed by atoms with Crippen molar-refractivity contribution in [3.05, 3.63) is 53.9 Å².